The number of hydrogen-bond donors (Lipinski definition) is 2. The maximum atomic E-state index is 9.44. The van der Waals surface area contributed by atoms with Crippen LogP contribution in [-0.4, -0.2) is 22.4 Å². The molecule has 2 N–H and O–H groups in total. The molecular weight excluding hydrogens is 200 g/mol. The maximum absolute atomic E-state index is 9.44. The Hall–Kier alpha value is -1.22. The van der Waals surface area contributed by atoms with E-state index in [0.29, 0.717) is 0 Å². The van der Waals surface area contributed by atoms with Gasteiger partial charge < -0.3 is 10.2 Å². The molecule has 2 nitrogen and oxygen atoms in total. The summed E-state index contributed by atoms with van der Waals surface area (Å²) in [7, 11) is 0. The van der Waals surface area contributed by atoms with Crippen molar-refractivity contribution in [3.8, 4) is 23.7 Å². The number of aliphatic hydroxyl groups excluding tert-OH is 2. The Balaban J connectivity index is 3.79. The average molecular weight is 220 g/mol. The van der Waals surface area contributed by atoms with E-state index in [9.17, 15) is 5.11 Å². The number of allylic oxidation sites excluding steroid dienone is 2. The quantitative estimate of drug-likeness (QED) is 0.561. The molecule has 0 bridgehead atoms. The van der Waals surface area contributed by atoms with Gasteiger partial charge in [-0.1, -0.05) is 43.4 Å². The van der Waals surface area contributed by atoms with E-state index in [-0.39, 0.29) is 0 Å². The maximum Gasteiger partial charge on any atom is 0.115 e. The van der Waals surface area contributed by atoms with Gasteiger partial charge in [0.1, 0.15) is 12.2 Å². The first-order valence-electron chi connectivity index (χ1n) is 5.70. The van der Waals surface area contributed by atoms with Crippen LogP contribution < -0.4 is 0 Å². The molecule has 0 aliphatic heterocycles. The molecule has 0 saturated carbocycles. The fourth-order valence-corrected chi connectivity index (χ4v) is 1.06. The van der Waals surface area contributed by atoms with Gasteiger partial charge in [0, 0.05) is 0 Å². The van der Waals surface area contributed by atoms with Gasteiger partial charge in [0.2, 0.25) is 0 Å². The predicted molar refractivity (Wildman–Crippen MR) is 66.5 cm³/mol. The van der Waals surface area contributed by atoms with Crippen LogP contribution in [0, 0.1) is 23.7 Å². The van der Waals surface area contributed by atoms with Crippen molar-refractivity contribution in [2.75, 3.05) is 0 Å². The van der Waals surface area contributed by atoms with Crippen LogP contribution in [-0.2, 0) is 0 Å². The number of unbranched alkanes of at least 4 members (excludes halogenated alkanes) is 2. The van der Waals surface area contributed by atoms with E-state index in [0.717, 1.165) is 25.7 Å². The second kappa shape index (κ2) is 10.3. The predicted octanol–water partition coefficient (Wildman–Crippen LogP) is 1.87. The third-order valence-electron chi connectivity index (χ3n) is 1.87. The zero-order chi connectivity index (χ0) is 12.2. The molecule has 0 aromatic rings. The molecule has 2 atom stereocenters. The highest BCUT2D eigenvalue weighted by atomic mass is 16.3. The Morgan fingerprint density at radius 1 is 1.06 bits per heavy atom. The minimum atomic E-state index is -0.614. The molecule has 0 fully saturated rings. The van der Waals surface area contributed by atoms with Crippen LogP contribution in [0.2, 0.25) is 0 Å². The molecule has 0 radical (unpaired) electrons. The van der Waals surface area contributed by atoms with Gasteiger partial charge in [0.15, 0.2) is 0 Å². The second-order valence-corrected chi connectivity index (χ2v) is 3.60. The Morgan fingerprint density at radius 2 is 1.69 bits per heavy atom. The molecule has 0 aliphatic rings. The zero-order valence-electron chi connectivity index (χ0n) is 10.0. The van der Waals surface area contributed by atoms with E-state index in [1.807, 2.05) is 0 Å². The zero-order valence-corrected chi connectivity index (χ0v) is 10.0. The van der Waals surface area contributed by atoms with Gasteiger partial charge in [-0.25, -0.2) is 0 Å². The molecule has 0 spiro atoms. The van der Waals surface area contributed by atoms with Gasteiger partial charge in [-0.05, 0) is 31.9 Å². The third kappa shape index (κ3) is 10.9. The summed E-state index contributed by atoms with van der Waals surface area (Å²) < 4.78 is 0. The monoisotopic (exact) mass is 220 g/mol. The van der Waals surface area contributed by atoms with Crippen LogP contribution in [0.25, 0.3) is 0 Å². The van der Waals surface area contributed by atoms with Gasteiger partial charge in [0.05, 0.1) is 0 Å². The Morgan fingerprint density at radius 3 is 2.25 bits per heavy atom. The third-order valence-corrected chi connectivity index (χ3v) is 1.87. The summed E-state index contributed by atoms with van der Waals surface area (Å²) in [6.45, 7) is 3.73. The fourth-order valence-electron chi connectivity index (χ4n) is 1.06. The molecule has 0 heterocycles. The molecule has 2 heteroatoms. The lowest BCUT2D eigenvalue weighted by Gasteiger charge is -2.00. The molecule has 2 unspecified atom stereocenters. The molecule has 0 amide bonds. The lowest BCUT2D eigenvalue weighted by atomic mass is 10.1. The lowest BCUT2D eigenvalue weighted by Crippen LogP contribution is -2.01. The summed E-state index contributed by atoms with van der Waals surface area (Å²) in [6.07, 6.45) is 6.02. The topological polar surface area (TPSA) is 40.5 Å². The molecule has 88 valence electrons. The highest BCUT2D eigenvalue weighted by Gasteiger charge is 1.96. The fraction of sp³-hybridized carbons (Fsp3) is 0.571. The smallest absolute Gasteiger partial charge is 0.115 e. The van der Waals surface area contributed by atoms with Crippen LogP contribution in [0.5, 0.6) is 0 Å². The first-order chi connectivity index (χ1) is 7.66. The van der Waals surface area contributed by atoms with Crippen LogP contribution in [0.15, 0.2) is 12.2 Å². The molecule has 0 saturated heterocycles. The Kier molecular flexibility index (Phi) is 9.52. The summed E-state index contributed by atoms with van der Waals surface area (Å²) >= 11 is 0. The summed E-state index contributed by atoms with van der Waals surface area (Å²) in [5.74, 6) is 10.6. The van der Waals surface area contributed by atoms with E-state index in [1.54, 1.807) is 19.1 Å². The minimum absolute atomic E-state index is 0.541. The Labute approximate surface area is 98.4 Å². The van der Waals surface area contributed by atoms with Crippen molar-refractivity contribution >= 4 is 0 Å². The van der Waals surface area contributed by atoms with E-state index >= 15 is 0 Å². The van der Waals surface area contributed by atoms with Gasteiger partial charge in [-0.15, -0.1) is 0 Å². The molecular formula is C14H20O2. The minimum Gasteiger partial charge on any atom is -0.381 e. The van der Waals surface area contributed by atoms with Crippen molar-refractivity contribution in [2.45, 2.75) is 51.7 Å². The largest absolute Gasteiger partial charge is 0.381 e. The van der Waals surface area contributed by atoms with Crippen LogP contribution in [0.4, 0.5) is 0 Å². The van der Waals surface area contributed by atoms with Gasteiger partial charge in [-0.3, -0.25) is 0 Å². The normalized spacial score (nSPS) is 13.5. The van der Waals surface area contributed by atoms with Gasteiger partial charge in [-0.2, -0.15) is 0 Å². The number of aliphatic hydroxyl groups is 2. The summed E-state index contributed by atoms with van der Waals surface area (Å²) in [6, 6.07) is 0. The number of hydrogen-bond acceptors (Lipinski definition) is 2. The van der Waals surface area contributed by atoms with Crippen molar-refractivity contribution in [3.05, 3.63) is 12.2 Å². The Bertz CT molecular complexity index is 307. The van der Waals surface area contributed by atoms with E-state index in [4.69, 9.17) is 5.11 Å². The first kappa shape index (κ1) is 14.8. The molecule has 0 aromatic carbocycles. The first-order valence-corrected chi connectivity index (χ1v) is 5.70. The van der Waals surface area contributed by atoms with Crippen molar-refractivity contribution < 1.29 is 10.2 Å². The van der Waals surface area contributed by atoms with Crippen molar-refractivity contribution in [2.24, 2.45) is 0 Å². The molecule has 0 aromatic heterocycles. The summed E-state index contributed by atoms with van der Waals surface area (Å²) in [5.41, 5.74) is 0. The van der Waals surface area contributed by atoms with Crippen molar-refractivity contribution in [1.82, 2.24) is 0 Å². The summed E-state index contributed by atoms with van der Waals surface area (Å²) in [4.78, 5) is 0. The van der Waals surface area contributed by atoms with E-state index in [2.05, 4.69) is 30.6 Å². The van der Waals surface area contributed by atoms with Crippen LogP contribution in [0.1, 0.15) is 39.5 Å². The van der Waals surface area contributed by atoms with E-state index in [1.165, 1.54) is 0 Å². The van der Waals surface area contributed by atoms with Crippen molar-refractivity contribution in [3.63, 3.8) is 0 Å². The number of rotatable bonds is 4. The highest BCUT2D eigenvalue weighted by molar-refractivity contribution is 5.26. The SMILES string of the molecule is CCCCCC(O)C#C/C=C/C#CC(C)O. The lowest BCUT2D eigenvalue weighted by molar-refractivity contribution is 0.217. The van der Waals surface area contributed by atoms with Crippen LogP contribution in [0.3, 0.4) is 0 Å². The molecule has 0 aliphatic carbocycles. The average Bonchev–Trinajstić information content (AvgIpc) is 2.23. The van der Waals surface area contributed by atoms with Gasteiger partial charge >= 0.3 is 0 Å². The second-order valence-electron chi connectivity index (χ2n) is 3.60. The van der Waals surface area contributed by atoms with Crippen molar-refractivity contribution in [1.29, 1.82) is 0 Å². The highest BCUT2D eigenvalue weighted by Crippen LogP contribution is 2.01. The van der Waals surface area contributed by atoms with Gasteiger partial charge in [0.25, 0.3) is 0 Å². The molecule has 0 rings (SSSR count). The van der Waals surface area contributed by atoms with E-state index < -0.39 is 12.2 Å². The summed E-state index contributed by atoms with van der Waals surface area (Å²) in [5, 5.41) is 18.3. The standard InChI is InChI=1S/C14H20O2/c1-3-4-7-11-14(16)12-9-6-5-8-10-13(2)15/h5-6,13-16H,3-4,7,11H2,1-2H3/b6-5+. The van der Waals surface area contributed by atoms with Crippen LogP contribution >= 0.6 is 0 Å². The molecule has 16 heavy (non-hydrogen) atoms.